The van der Waals surface area contributed by atoms with Crippen molar-refractivity contribution in [2.75, 3.05) is 20.3 Å². The van der Waals surface area contributed by atoms with Gasteiger partial charge in [-0.05, 0) is 39.2 Å². The highest BCUT2D eigenvalue weighted by molar-refractivity contribution is 14.0. The van der Waals surface area contributed by atoms with Crippen molar-refractivity contribution in [2.24, 2.45) is 10.4 Å². The quantitative estimate of drug-likeness (QED) is 0.360. The molecule has 2 aliphatic rings. The van der Waals surface area contributed by atoms with Crippen LogP contribution in [-0.2, 0) is 11.3 Å². The predicted molar refractivity (Wildman–Crippen MR) is 116 cm³/mol. The highest BCUT2D eigenvalue weighted by Gasteiger charge is 2.59. The lowest BCUT2D eigenvalue weighted by Crippen LogP contribution is -2.68. The van der Waals surface area contributed by atoms with Crippen LogP contribution in [0.5, 0.6) is 5.75 Å². The van der Waals surface area contributed by atoms with Crippen molar-refractivity contribution in [3.8, 4) is 5.75 Å². The molecule has 0 radical (unpaired) electrons. The molecule has 0 saturated heterocycles. The first kappa shape index (κ1) is 21.3. The zero-order valence-electron chi connectivity index (χ0n) is 16.1. The zero-order chi connectivity index (χ0) is 17.7. The Balaban J connectivity index is 0.00000243. The summed E-state index contributed by atoms with van der Waals surface area (Å²) >= 11 is 0. The number of benzene rings is 1. The van der Waals surface area contributed by atoms with Gasteiger partial charge in [-0.25, -0.2) is 4.99 Å². The molecule has 0 aliphatic heterocycles. The Morgan fingerprint density at radius 1 is 1.27 bits per heavy atom. The third-order valence-electron chi connectivity index (χ3n) is 5.69. The van der Waals surface area contributed by atoms with Crippen LogP contribution < -0.4 is 15.4 Å². The third kappa shape index (κ3) is 4.27. The minimum absolute atomic E-state index is 0. The Kier molecular flexibility index (Phi) is 8.01. The number of methoxy groups -OCH3 is 1. The molecule has 0 heterocycles. The third-order valence-corrected chi connectivity index (χ3v) is 5.69. The Morgan fingerprint density at radius 2 is 2.04 bits per heavy atom. The Bertz CT molecular complexity index is 604. The highest BCUT2D eigenvalue weighted by Crippen LogP contribution is 2.57. The molecule has 0 bridgehead atoms. The molecule has 2 fully saturated rings. The van der Waals surface area contributed by atoms with Gasteiger partial charge in [0.15, 0.2) is 5.96 Å². The van der Waals surface area contributed by atoms with E-state index in [2.05, 4.69) is 30.5 Å². The van der Waals surface area contributed by atoms with Crippen LogP contribution in [0.3, 0.4) is 0 Å². The van der Waals surface area contributed by atoms with E-state index in [1.54, 1.807) is 7.11 Å². The van der Waals surface area contributed by atoms with Crippen LogP contribution in [0.25, 0.3) is 0 Å². The number of ether oxygens (including phenoxy) is 2. The van der Waals surface area contributed by atoms with E-state index in [4.69, 9.17) is 14.5 Å². The summed E-state index contributed by atoms with van der Waals surface area (Å²) < 4.78 is 11.4. The summed E-state index contributed by atoms with van der Waals surface area (Å²) in [7, 11) is 1.70. The summed E-state index contributed by atoms with van der Waals surface area (Å²) in [5, 5.41) is 7.04. The van der Waals surface area contributed by atoms with E-state index in [0.29, 0.717) is 24.1 Å². The molecule has 6 heteroatoms. The molecular formula is C20H32IN3O2. The summed E-state index contributed by atoms with van der Waals surface area (Å²) in [5.41, 5.74) is 1.43. The van der Waals surface area contributed by atoms with Crippen LogP contribution in [-0.4, -0.2) is 38.4 Å². The van der Waals surface area contributed by atoms with Crippen molar-refractivity contribution in [3.63, 3.8) is 0 Å². The average Bonchev–Trinajstić information content (AvgIpc) is 2.57. The van der Waals surface area contributed by atoms with Crippen molar-refractivity contribution in [2.45, 2.75) is 58.2 Å². The summed E-state index contributed by atoms with van der Waals surface area (Å²) in [4.78, 5) is 4.78. The van der Waals surface area contributed by atoms with E-state index in [-0.39, 0.29) is 24.0 Å². The molecule has 2 N–H and O–H groups in total. The molecule has 146 valence electrons. The fourth-order valence-corrected chi connectivity index (χ4v) is 4.12. The maximum absolute atomic E-state index is 5.95. The van der Waals surface area contributed by atoms with Gasteiger partial charge in [0.05, 0.1) is 19.8 Å². The molecular weight excluding hydrogens is 441 g/mol. The molecule has 2 unspecified atom stereocenters. The smallest absolute Gasteiger partial charge is 0.191 e. The largest absolute Gasteiger partial charge is 0.496 e. The van der Waals surface area contributed by atoms with E-state index >= 15 is 0 Å². The van der Waals surface area contributed by atoms with Gasteiger partial charge >= 0.3 is 0 Å². The van der Waals surface area contributed by atoms with Gasteiger partial charge < -0.3 is 20.1 Å². The van der Waals surface area contributed by atoms with Crippen LogP contribution >= 0.6 is 24.0 Å². The summed E-state index contributed by atoms with van der Waals surface area (Å²) in [5.74, 6) is 1.78. The van der Waals surface area contributed by atoms with Gasteiger partial charge in [0.2, 0.25) is 0 Å². The van der Waals surface area contributed by atoms with Gasteiger partial charge in [-0.15, -0.1) is 24.0 Å². The normalized spacial score (nSPS) is 23.4. The fraction of sp³-hybridized carbons (Fsp3) is 0.650. The second-order valence-electron chi connectivity index (χ2n) is 6.97. The monoisotopic (exact) mass is 473 g/mol. The first-order valence-electron chi connectivity index (χ1n) is 9.51. The van der Waals surface area contributed by atoms with E-state index in [0.717, 1.165) is 36.8 Å². The van der Waals surface area contributed by atoms with Gasteiger partial charge in [-0.3, -0.25) is 0 Å². The molecule has 2 saturated carbocycles. The molecule has 0 amide bonds. The standard InChI is InChI=1S/C20H31N3O2.HI/c1-4-21-19(22-14-15-9-6-7-10-16(15)24-3)23-17-13-18(25-5-2)20(17)11-8-12-20;/h6-7,9-10,17-18H,4-5,8,11-14H2,1-3H3,(H2,21,22,23);1H. The number of nitrogens with one attached hydrogen (secondary N) is 2. The maximum atomic E-state index is 5.95. The second kappa shape index (κ2) is 9.78. The molecule has 1 aromatic rings. The highest BCUT2D eigenvalue weighted by atomic mass is 127. The first-order chi connectivity index (χ1) is 12.2. The average molecular weight is 473 g/mol. The van der Waals surface area contributed by atoms with Gasteiger partial charge in [-0.1, -0.05) is 24.6 Å². The van der Waals surface area contributed by atoms with Gasteiger partial charge in [-0.2, -0.15) is 0 Å². The topological polar surface area (TPSA) is 54.9 Å². The van der Waals surface area contributed by atoms with E-state index < -0.39 is 0 Å². The fourth-order valence-electron chi connectivity index (χ4n) is 4.12. The summed E-state index contributed by atoms with van der Waals surface area (Å²) in [6.07, 6.45) is 5.34. The minimum atomic E-state index is 0. The second-order valence-corrected chi connectivity index (χ2v) is 6.97. The minimum Gasteiger partial charge on any atom is -0.496 e. The number of nitrogens with zero attached hydrogens (tertiary/aromatic N) is 1. The van der Waals surface area contributed by atoms with Crippen LogP contribution in [0, 0.1) is 5.41 Å². The lowest BCUT2D eigenvalue weighted by atomic mass is 9.51. The van der Waals surface area contributed by atoms with Crippen LogP contribution in [0.2, 0.25) is 0 Å². The number of guanidine groups is 1. The van der Waals surface area contributed by atoms with Crippen LogP contribution in [0.4, 0.5) is 0 Å². The van der Waals surface area contributed by atoms with Crippen molar-refractivity contribution in [3.05, 3.63) is 29.8 Å². The van der Waals surface area contributed by atoms with Gasteiger partial charge in [0.1, 0.15) is 5.75 Å². The van der Waals surface area contributed by atoms with Crippen molar-refractivity contribution < 1.29 is 9.47 Å². The van der Waals surface area contributed by atoms with Crippen molar-refractivity contribution >= 4 is 29.9 Å². The van der Waals surface area contributed by atoms with E-state index in [1.807, 2.05) is 18.2 Å². The Morgan fingerprint density at radius 3 is 2.65 bits per heavy atom. The van der Waals surface area contributed by atoms with Crippen LogP contribution in [0.15, 0.2) is 29.3 Å². The molecule has 2 aliphatic carbocycles. The summed E-state index contributed by atoms with van der Waals surface area (Å²) in [6.45, 7) is 6.45. The first-order valence-corrected chi connectivity index (χ1v) is 9.51. The lowest BCUT2D eigenvalue weighted by Gasteiger charge is -2.61. The van der Waals surface area contributed by atoms with E-state index in [1.165, 1.54) is 19.3 Å². The van der Waals surface area contributed by atoms with Crippen molar-refractivity contribution in [1.29, 1.82) is 0 Å². The number of rotatable bonds is 7. The molecule has 5 nitrogen and oxygen atoms in total. The molecule has 1 aromatic carbocycles. The Hall–Kier alpha value is -1.02. The summed E-state index contributed by atoms with van der Waals surface area (Å²) in [6, 6.07) is 8.52. The number of para-hydroxylation sites is 1. The predicted octanol–water partition coefficient (Wildman–Crippen LogP) is 3.72. The van der Waals surface area contributed by atoms with Gasteiger partial charge in [0, 0.05) is 30.2 Å². The molecule has 1 spiro atoms. The maximum Gasteiger partial charge on any atom is 0.191 e. The number of halogens is 1. The Labute approximate surface area is 174 Å². The van der Waals surface area contributed by atoms with Gasteiger partial charge in [0.25, 0.3) is 0 Å². The lowest BCUT2D eigenvalue weighted by molar-refractivity contribution is -0.168. The zero-order valence-corrected chi connectivity index (χ0v) is 18.4. The van der Waals surface area contributed by atoms with Crippen LogP contribution in [0.1, 0.15) is 45.1 Å². The number of aliphatic imine (C=N–C) groups is 1. The molecule has 26 heavy (non-hydrogen) atoms. The van der Waals surface area contributed by atoms with Crippen molar-refractivity contribution in [1.82, 2.24) is 10.6 Å². The molecule has 2 atom stereocenters. The number of hydrogen-bond donors (Lipinski definition) is 2. The molecule has 3 rings (SSSR count). The SMILES string of the molecule is CCNC(=NCc1ccccc1OC)NC1CC(OCC)C12CCC2.I. The van der Waals surface area contributed by atoms with E-state index in [9.17, 15) is 0 Å². The number of hydrogen-bond acceptors (Lipinski definition) is 3. The molecule has 0 aromatic heterocycles.